The normalized spacial score (nSPS) is 13.0. The molecule has 3 N–H and O–H groups in total. The Morgan fingerprint density at radius 3 is 2.92 bits per heavy atom. The minimum absolute atomic E-state index is 0.101. The van der Waals surface area contributed by atoms with Crippen LogP contribution < -0.4 is 5.73 Å². The molecule has 0 spiro atoms. The lowest BCUT2D eigenvalue weighted by molar-refractivity contribution is 0.268. The minimum atomic E-state index is -0.397. The second-order valence-electron chi connectivity index (χ2n) is 2.33. The Kier molecular flexibility index (Phi) is 3.46. The Morgan fingerprint density at radius 1 is 1.75 bits per heavy atom. The van der Waals surface area contributed by atoms with Crippen LogP contribution >= 0.6 is 27.5 Å². The smallest absolute Gasteiger partial charge is 0.143 e. The molecule has 0 unspecified atom stereocenters. The zero-order valence-corrected chi connectivity index (χ0v) is 8.51. The van der Waals surface area contributed by atoms with E-state index in [-0.39, 0.29) is 6.61 Å². The van der Waals surface area contributed by atoms with Crippen molar-refractivity contribution in [3.8, 4) is 0 Å². The summed E-state index contributed by atoms with van der Waals surface area (Å²) in [5.41, 5.74) is 6.32. The van der Waals surface area contributed by atoms with Crippen LogP contribution in [0, 0.1) is 0 Å². The van der Waals surface area contributed by atoms with E-state index in [0.29, 0.717) is 9.63 Å². The van der Waals surface area contributed by atoms with E-state index in [9.17, 15) is 0 Å². The van der Waals surface area contributed by atoms with Gasteiger partial charge in [0.25, 0.3) is 0 Å². The van der Waals surface area contributed by atoms with E-state index in [4.69, 9.17) is 22.4 Å². The molecule has 66 valence electrons. The first-order valence-electron chi connectivity index (χ1n) is 3.32. The maximum absolute atomic E-state index is 8.75. The molecule has 0 saturated carbocycles. The highest BCUT2D eigenvalue weighted by Gasteiger charge is 2.06. The first kappa shape index (κ1) is 9.92. The summed E-state index contributed by atoms with van der Waals surface area (Å²) in [5.74, 6) is 0. The molecule has 5 heteroatoms. The maximum atomic E-state index is 8.75. The van der Waals surface area contributed by atoms with Crippen molar-refractivity contribution in [2.24, 2.45) is 5.73 Å². The zero-order chi connectivity index (χ0) is 9.14. The van der Waals surface area contributed by atoms with E-state index in [2.05, 4.69) is 20.9 Å². The lowest BCUT2D eigenvalue weighted by Gasteiger charge is -2.07. The van der Waals surface area contributed by atoms with Crippen molar-refractivity contribution in [3.05, 3.63) is 27.5 Å². The van der Waals surface area contributed by atoms with Crippen LogP contribution in [0.5, 0.6) is 0 Å². The van der Waals surface area contributed by atoms with Crippen molar-refractivity contribution in [2.75, 3.05) is 6.61 Å². The number of pyridine rings is 1. The Bertz CT molecular complexity index is 282. The predicted octanol–water partition coefficient (Wildman–Crippen LogP) is 1.49. The first-order valence-corrected chi connectivity index (χ1v) is 4.49. The van der Waals surface area contributed by atoms with Gasteiger partial charge < -0.3 is 10.8 Å². The van der Waals surface area contributed by atoms with Crippen LogP contribution in [0.2, 0.25) is 5.15 Å². The molecule has 0 aliphatic carbocycles. The van der Waals surface area contributed by atoms with Gasteiger partial charge in [0, 0.05) is 6.20 Å². The zero-order valence-electron chi connectivity index (χ0n) is 6.17. The van der Waals surface area contributed by atoms with Gasteiger partial charge in [-0.1, -0.05) is 11.6 Å². The van der Waals surface area contributed by atoms with Crippen LogP contribution in [-0.4, -0.2) is 16.7 Å². The molecule has 0 amide bonds. The number of nitrogens with two attached hydrogens (primary N) is 1. The molecule has 0 saturated heterocycles. The summed E-state index contributed by atoms with van der Waals surface area (Å²) in [6.07, 6.45) is 1.55. The molecule has 1 rings (SSSR count). The number of rotatable bonds is 2. The summed E-state index contributed by atoms with van der Waals surface area (Å²) in [7, 11) is 0. The highest BCUT2D eigenvalue weighted by molar-refractivity contribution is 9.10. The Labute approximate surface area is 83.7 Å². The summed E-state index contributed by atoms with van der Waals surface area (Å²) < 4.78 is 0.686. The van der Waals surface area contributed by atoms with Gasteiger partial charge in [-0.2, -0.15) is 0 Å². The van der Waals surface area contributed by atoms with E-state index in [1.807, 2.05) is 0 Å². The molecule has 12 heavy (non-hydrogen) atoms. The first-order chi connectivity index (χ1) is 5.65. The van der Waals surface area contributed by atoms with Crippen LogP contribution in [0.25, 0.3) is 0 Å². The molecule has 0 aromatic carbocycles. The van der Waals surface area contributed by atoms with Crippen LogP contribution in [0.1, 0.15) is 11.6 Å². The number of hydrogen-bond donors (Lipinski definition) is 2. The van der Waals surface area contributed by atoms with Crippen molar-refractivity contribution in [1.29, 1.82) is 0 Å². The largest absolute Gasteiger partial charge is 0.394 e. The average Bonchev–Trinajstić information content (AvgIpc) is 2.08. The van der Waals surface area contributed by atoms with Crippen molar-refractivity contribution >= 4 is 27.5 Å². The monoisotopic (exact) mass is 250 g/mol. The third-order valence-corrected chi connectivity index (χ3v) is 2.58. The van der Waals surface area contributed by atoms with Crippen LogP contribution in [0.3, 0.4) is 0 Å². The SMILES string of the molecule is N[C@@H](CO)c1cnc(Cl)c(Br)c1. The minimum Gasteiger partial charge on any atom is -0.394 e. The van der Waals surface area contributed by atoms with Crippen LogP contribution in [0.4, 0.5) is 0 Å². The molecule has 1 aromatic heterocycles. The quantitative estimate of drug-likeness (QED) is 0.783. The maximum Gasteiger partial charge on any atom is 0.143 e. The summed E-state index contributed by atoms with van der Waals surface area (Å²) in [6, 6.07) is 1.35. The molecule has 1 heterocycles. The van der Waals surface area contributed by atoms with E-state index >= 15 is 0 Å². The molecule has 3 nitrogen and oxygen atoms in total. The standard InChI is InChI=1S/C7H8BrClN2O/c8-5-1-4(6(10)3-12)2-11-7(5)9/h1-2,6,12H,3,10H2/t6-/m0/s1. The van der Waals surface area contributed by atoms with Gasteiger partial charge in [0.2, 0.25) is 0 Å². The molecule has 0 radical (unpaired) electrons. The van der Waals surface area contributed by atoms with Crippen LogP contribution in [0.15, 0.2) is 16.7 Å². The number of aromatic nitrogens is 1. The molecule has 0 fully saturated rings. The second-order valence-corrected chi connectivity index (χ2v) is 3.54. The predicted molar refractivity (Wildman–Crippen MR) is 51.0 cm³/mol. The number of hydrogen-bond acceptors (Lipinski definition) is 3. The molecule has 0 aliphatic rings. The molecule has 0 bridgehead atoms. The molecule has 1 atom stereocenters. The van der Waals surface area contributed by atoms with Crippen LogP contribution in [-0.2, 0) is 0 Å². The Balaban J connectivity index is 2.96. The van der Waals surface area contributed by atoms with Gasteiger partial charge in [-0.3, -0.25) is 0 Å². The summed E-state index contributed by atoms with van der Waals surface area (Å²) in [5, 5.41) is 9.14. The van der Waals surface area contributed by atoms with E-state index in [0.717, 1.165) is 5.56 Å². The molecular weight excluding hydrogens is 243 g/mol. The fraction of sp³-hybridized carbons (Fsp3) is 0.286. The van der Waals surface area contributed by atoms with Crippen molar-refractivity contribution < 1.29 is 5.11 Å². The van der Waals surface area contributed by atoms with Gasteiger partial charge in [0.1, 0.15) is 5.15 Å². The van der Waals surface area contributed by atoms with Gasteiger partial charge in [-0.15, -0.1) is 0 Å². The second kappa shape index (κ2) is 4.18. The third-order valence-electron chi connectivity index (χ3n) is 1.44. The van der Waals surface area contributed by atoms with E-state index in [1.165, 1.54) is 0 Å². The lowest BCUT2D eigenvalue weighted by atomic mass is 10.1. The molecule has 0 aliphatic heterocycles. The highest BCUT2D eigenvalue weighted by Crippen LogP contribution is 2.22. The van der Waals surface area contributed by atoms with Gasteiger partial charge >= 0.3 is 0 Å². The topological polar surface area (TPSA) is 59.1 Å². The fourth-order valence-electron chi connectivity index (χ4n) is 0.744. The summed E-state index contributed by atoms with van der Waals surface area (Å²) in [6.45, 7) is -0.101. The van der Waals surface area contributed by atoms with Crippen molar-refractivity contribution in [3.63, 3.8) is 0 Å². The third kappa shape index (κ3) is 2.17. The van der Waals surface area contributed by atoms with Crippen molar-refractivity contribution in [1.82, 2.24) is 4.98 Å². The van der Waals surface area contributed by atoms with Gasteiger partial charge in [-0.05, 0) is 27.6 Å². The van der Waals surface area contributed by atoms with Gasteiger partial charge in [-0.25, -0.2) is 4.98 Å². The van der Waals surface area contributed by atoms with E-state index in [1.54, 1.807) is 12.3 Å². The van der Waals surface area contributed by atoms with Gasteiger partial charge in [0.05, 0.1) is 17.1 Å². The number of halogens is 2. The lowest BCUT2D eigenvalue weighted by Crippen LogP contribution is -2.14. The number of aliphatic hydroxyl groups is 1. The average molecular weight is 252 g/mol. The summed E-state index contributed by atoms with van der Waals surface area (Å²) in [4.78, 5) is 3.88. The number of aliphatic hydroxyl groups excluding tert-OH is 1. The molecular formula is C7H8BrClN2O. The number of nitrogens with zero attached hydrogens (tertiary/aromatic N) is 1. The highest BCUT2D eigenvalue weighted by atomic mass is 79.9. The fourth-order valence-corrected chi connectivity index (χ4v) is 1.21. The Morgan fingerprint density at radius 2 is 2.42 bits per heavy atom. The van der Waals surface area contributed by atoms with E-state index < -0.39 is 6.04 Å². The summed E-state index contributed by atoms with van der Waals surface area (Å²) >= 11 is 8.88. The van der Waals surface area contributed by atoms with Crippen molar-refractivity contribution in [2.45, 2.75) is 6.04 Å². The molecule has 1 aromatic rings. The van der Waals surface area contributed by atoms with Gasteiger partial charge in [0.15, 0.2) is 0 Å². The Hall–Kier alpha value is -0.160.